The molecule has 0 aliphatic carbocycles. The van der Waals surface area contributed by atoms with Gasteiger partial charge in [0.15, 0.2) is 0 Å². The number of fused-ring (bicyclic) bond motifs is 1. The molecule has 19 heavy (non-hydrogen) atoms. The number of aromatic nitrogens is 2. The average Bonchev–Trinajstić information content (AvgIpc) is 2.77. The second-order valence-corrected chi connectivity index (χ2v) is 3.97. The Morgan fingerprint density at radius 3 is 2.95 bits per heavy atom. The lowest BCUT2D eigenvalue weighted by molar-refractivity contribution is -0.389. The highest BCUT2D eigenvalue weighted by Crippen LogP contribution is 2.27. The summed E-state index contributed by atoms with van der Waals surface area (Å²) >= 11 is 0. The third-order valence-electron chi connectivity index (χ3n) is 2.68. The van der Waals surface area contributed by atoms with E-state index in [1.165, 1.54) is 16.3 Å². The van der Waals surface area contributed by atoms with E-state index in [0.29, 0.717) is 5.65 Å². The monoisotopic (exact) mass is 263 g/mol. The summed E-state index contributed by atoms with van der Waals surface area (Å²) in [5.41, 5.74) is 0.466. The summed E-state index contributed by atoms with van der Waals surface area (Å²) < 4.78 is 1.38. The Kier molecular flexibility index (Phi) is 3.32. The quantitative estimate of drug-likeness (QED) is 0.637. The number of nitro groups is 1. The van der Waals surface area contributed by atoms with Gasteiger partial charge in [0.25, 0.3) is 0 Å². The van der Waals surface area contributed by atoms with E-state index in [9.17, 15) is 14.9 Å². The molecule has 8 heteroatoms. The number of amides is 1. The van der Waals surface area contributed by atoms with Gasteiger partial charge < -0.3 is 20.3 Å². The molecule has 2 rings (SSSR count). The summed E-state index contributed by atoms with van der Waals surface area (Å²) in [5.74, 6) is -0.226. The van der Waals surface area contributed by atoms with E-state index >= 15 is 0 Å². The van der Waals surface area contributed by atoms with Crippen LogP contribution < -0.4 is 10.2 Å². The van der Waals surface area contributed by atoms with Crippen LogP contribution in [-0.4, -0.2) is 40.9 Å². The fourth-order valence-corrected chi connectivity index (χ4v) is 1.77. The van der Waals surface area contributed by atoms with Crippen molar-refractivity contribution in [3.63, 3.8) is 0 Å². The molecule has 1 amide bonds. The average molecular weight is 263 g/mol. The van der Waals surface area contributed by atoms with Crippen molar-refractivity contribution in [2.45, 2.75) is 0 Å². The number of nitrogens with zero attached hydrogens (tertiary/aromatic N) is 4. The first-order valence-electron chi connectivity index (χ1n) is 5.57. The number of nitrogens with one attached hydrogen (secondary N) is 1. The van der Waals surface area contributed by atoms with Gasteiger partial charge in [0.2, 0.25) is 17.4 Å². The third-order valence-corrected chi connectivity index (χ3v) is 2.68. The Morgan fingerprint density at radius 1 is 1.58 bits per heavy atom. The van der Waals surface area contributed by atoms with Gasteiger partial charge in [-0.25, -0.2) is 0 Å². The molecule has 0 aliphatic rings. The summed E-state index contributed by atoms with van der Waals surface area (Å²) in [7, 11) is 3.10. The van der Waals surface area contributed by atoms with Gasteiger partial charge in [-0.3, -0.25) is 4.79 Å². The fraction of sp³-hybridized carbons (Fsp3) is 0.273. The predicted octanol–water partition coefficient (Wildman–Crippen LogP) is 0.425. The van der Waals surface area contributed by atoms with Crippen molar-refractivity contribution in [3.8, 4) is 0 Å². The minimum absolute atomic E-state index is 0.00121. The first-order valence-corrected chi connectivity index (χ1v) is 5.57. The Balaban J connectivity index is 2.50. The van der Waals surface area contributed by atoms with E-state index in [1.807, 2.05) is 0 Å². The van der Waals surface area contributed by atoms with Crippen molar-refractivity contribution in [2.24, 2.45) is 0 Å². The first kappa shape index (κ1) is 12.8. The van der Waals surface area contributed by atoms with Crippen LogP contribution in [0.15, 0.2) is 24.4 Å². The van der Waals surface area contributed by atoms with Crippen LogP contribution in [0.5, 0.6) is 0 Å². The lowest BCUT2D eigenvalue weighted by Gasteiger charge is -2.14. The molecule has 100 valence electrons. The maximum Gasteiger partial charge on any atom is 0.372 e. The van der Waals surface area contributed by atoms with Crippen LogP contribution in [0.3, 0.4) is 0 Å². The number of carbonyl (C=O) groups is 1. The third kappa shape index (κ3) is 2.32. The molecule has 0 aromatic carbocycles. The maximum atomic E-state index is 11.3. The first-order chi connectivity index (χ1) is 9.04. The van der Waals surface area contributed by atoms with Gasteiger partial charge in [-0.1, -0.05) is 6.07 Å². The normalized spacial score (nSPS) is 10.4. The predicted molar refractivity (Wildman–Crippen MR) is 69.2 cm³/mol. The molecule has 0 aliphatic heterocycles. The van der Waals surface area contributed by atoms with Crippen molar-refractivity contribution in [1.82, 2.24) is 14.7 Å². The van der Waals surface area contributed by atoms with Gasteiger partial charge >= 0.3 is 5.82 Å². The summed E-state index contributed by atoms with van der Waals surface area (Å²) in [6.45, 7) is 0.00121. The van der Waals surface area contributed by atoms with Crippen molar-refractivity contribution < 1.29 is 9.72 Å². The summed E-state index contributed by atoms with van der Waals surface area (Å²) in [6.07, 6.45) is 1.57. The second-order valence-electron chi connectivity index (χ2n) is 3.97. The van der Waals surface area contributed by atoms with Crippen molar-refractivity contribution in [3.05, 3.63) is 34.5 Å². The van der Waals surface area contributed by atoms with Crippen molar-refractivity contribution in [2.75, 3.05) is 25.5 Å². The van der Waals surface area contributed by atoms with Crippen LogP contribution in [-0.2, 0) is 4.79 Å². The van der Waals surface area contributed by atoms with E-state index in [2.05, 4.69) is 10.3 Å². The molecule has 2 aromatic heterocycles. The molecule has 1 N–H and O–H groups in total. The Morgan fingerprint density at radius 2 is 2.32 bits per heavy atom. The molecule has 0 spiro atoms. The van der Waals surface area contributed by atoms with Crippen LogP contribution in [0.4, 0.5) is 11.6 Å². The number of imidazole rings is 1. The Labute approximate surface area is 108 Å². The van der Waals surface area contributed by atoms with Crippen LogP contribution in [0.25, 0.3) is 5.65 Å². The topological polar surface area (TPSA) is 92.8 Å². The number of anilines is 1. The number of hydrogen-bond acceptors (Lipinski definition) is 5. The van der Waals surface area contributed by atoms with E-state index in [1.54, 1.807) is 31.4 Å². The number of likely N-dealkylation sites (N-methyl/N-ethyl adjacent to an activating group) is 2. The number of hydrogen-bond donors (Lipinski definition) is 1. The largest absolute Gasteiger partial charge is 0.372 e. The summed E-state index contributed by atoms with van der Waals surface area (Å²) in [4.78, 5) is 27.6. The molecule has 0 atom stereocenters. The van der Waals surface area contributed by atoms with Crippen LogP contribution in [0, 0.1) is 10.1 Å². The molecule has 0 fully saturated rings. The highest BCUT2D eigenvalue weighted by molar-refractivity contribution is 5.81. The van der Waals surface area contributed by atoms with Gasteiger partial charge in [-0.15, -0.1) is 0 Å². The molecular weight excluding hydrogens is 250 g/mol. The van der Waals surface area contributed by atoms with E-state index < -0.39 is 4.92 Å². The van der Waals surface area contributed by atoms with Gasteiger partial charge in [0.1, 0.15) is 0 Å². The maximum absolute atomic E-state index is 11.3. The molecular formula is C11H13N5O3. The van der Waals surface area contributed by atoms with Gasteiger partial charge in [-0.2, -0.15) is 9.38 Å². The van der Waals surface area contributed by atoms with E-state index in [0.717, 1.165) is 0 Å². The van der Waals surface area contributed by atoms with Gasteiger partial charge in [0.05, 0.1) is 12.7 Å². The molecule has 0 bridgehead atoms. The number of carbonyl (C=O) groups excluding carboxylic acids is 1. The molecule has 2 aromatic rings. The minimum Gasteiger partial charge on any atom is -0.358 e. The molecule has 0 saturated heterocycles. The summed E-state index contributed by atoms with van der Waals surface area (Å²) in [6, 6.07) is 5.10. The zero-order chi connectivity index (χ0) is 14.0. The highest BCUT2D eigenvalue weighted by Gasteiger charge is 2.25. The van der Waals surface area contributed by atoms with Gasteiger partial charge in [-0.05, 0) is 11.0 Å². The minimum atomic E-state index is -0.504. The highest BCUT2D eigenvalue weighted by atomic mass is 16.6. The van der Waals surface area contributed by atoms with Crippen molar-refractivity contribution in [1.29, 1.82) is 0 Å². The van der Waals surface area contributed by atoms with Crippen LogP contribution >= 0.6 is 0 Å². The fourth-order valence-electron chi connectivity index (χ4n) is 1.77. The number of pyridine rings is 1. The second kappa shape index (κ2) is 4.92. The SMILES string of the molecule is CNC(=O)CN(C)c1nc2ccccn2c1[N+](=O)[O-]. The standard InChI is InChI=1S/C11H13N5O3/c1-12-9(17)7-14(2)10-11(16(18)19)15-6-4-3-5-8(15)13-10/h3-6H,7H2,1-2H3,(H,12,17). The van der Waals surface area contributed by atoms with Crippen LogP contribution in [0.1, 0.15) is 0 Å². The summed E-state index contributed by atoms with van der Waals surface area (Å²) in [5, 5.41) is 13.6. The Bertz CT molecular complexity index is 636. The van der Waals surface area contributed by atoms with E-state index in [-0.39, 0.29) is 24.1 Å². The smallest absolute Gasteiger partial charge is 0.358 e. The molecule has 8 nitrogen and oxygen atoms in total. The molecule has 2 heterocycles. The zero-order valence-corrected chi connectivity index (χ0v) is 10.5. The Hall–Kier alpha value is -2.64. The van der Waals surface area contributed by atoms with Gasteiger partial charge in [0, 0.05) is 20.2 Å². The van der Waals surface area contributed by atoms with Crippen molar-refractivity contribution >= 4 is 23.2 Å². The molecule has 0 unspecified atom stereocenters. The lowest BCUT2D eigenvalue weighted by atomic mass is 10.4. The zero-order valence-electron chi connectivity index (χ0n) is 10.5. The molecule has 0 saturated carbocycles. The number of rotatable bonds is 4. The lowest BCUT2D eigenvalue weighted by Crippen LogP contribution is -2.33. The van der Waals surface area contributed by atoms with Crippen LogP contribution in [0.2, 0.25) is 0 Å². The van der Waals surface area contributed by atoms with E-state index in [4.69, 9.17) is 0 Å². The molecule has 0 radical (unpaired) electrons.